The van der Waals surface area contributed by atoms with Gasteiger partial charge in [0.15, 0.2) is 0 Å². The van der Waals surface area contributed by atoms with E-state index in [9.17, 15) is 13.2 Å². The monoisotopic (exact) mass is 440 g/mol. The summed E-state index contributed by atoms with van der Waals surface area (Å²) in [5.41, 5.74) is 3.31. The molecule has 3 aliphatic rings. The lowest BCUT2D eigenvalue weighted by Gasteiger charge is -2.32. The molecule has 1 aliphatic carbocycles. The van der Waals surface area contributed by atoms with Gasteiger partial charge in [0.05, 0.1) is 5.75 Å². The molecular weight excluding hydrogens is 412 g/mol. The van der Waals surface area contributed by atoms with Crippen LogP contribution < -0.4 is 5.32 Å². The van der Waals surface area contributed by atoms with Gasteiger partial charge in [0.2, 0.25) is 10.0 Å². The first-order valence-electron chi connectivity index (χ1n) is 10.9. The first-order chi connectivity index (χ1) is 15.0. The smallest absolute Gasteiger partial charge is 0.318 e. The number of piperidine rings is 1. The van der Waals surface area contributed by atoms with Gasteiger partial charge >= 0.3 is 6.03 Å². The minimum Gasteiger partial charge on any atom is -0.338 e. The maximum Gasteiger partial charge on any atom is 0.318 e. The highest BCUT2D eigenvalue weighted by atomic mass is 32.2. The Hall–Kier alpha value is -2.45. The second-order valence-electron chi connectivity index (χ2n) is 9.09. The summed E-state index contributed by atoms with van der Waals surface area (Å²) >= 11 is 0. The molecule has 8 heteroatoms. The summed E-state index contributed by atoms with van der Waals surface area (Å²) in [5, 5.41) is 3.10. The number of nitrogens with zero attached hydrogens (tertiary/aromatic N) is 3. The van der Waals surface area contributed by atoms with Crippen molar-refractivity contribution in [1.82, 2.24) is 19.5 Å². The lowest BCUT2D eigenvalue weighted by atomic mass is 9.92. The van der Waals surface area contributed by atoms with E-state index in [-0.39, 0.29) is 17.2 Å². The van der Waals surface area contributed by atoms with E-state index >= 15 is 0 Å². The van der Waals surface area contributed by atoms with Crippen LogP contribution in [0.2, 0.25) is 0 Å². The Morgan fingerprint density at radius 3 is 2.58 bits per heavy atom. The number of carbonyl (C=O) groups excluding carboxylic acids is 1. The molecule has 5 rings (SSSR count). The third kappa shape index (κ3) is 4.19. The third-order valence-electron chi connectivity index (χ3n) is 7.18. The van der Waals surface area contributed by atoms with Crippen LogP contribution in [0.5, 0.6) is 0 Å². The molecule has 7 nitrogen and oxygen atoms in total. The van der Waals surface area contributed by atoms with Crippen LogP contribution in [-0.4, -0.2) is 48.3 Å². The number of benzene rings is 1. The lowest BCUT2D eigenvalue weighted by molar-refractivity contribution is 0.195. The Morgan fingerprint density at radius 2 is 1.84 bits per heavy atom. The number of aromatic nitrogens is 1. The molecule has 1 atom stereocenters. The molecule has 0 bridgehead atoms. The van der Waals surface area contributed by atoms with Crippen molar-refractivity contribution in [3.8, 4) is 0 Å². The van der Waals surface area contributed by atoms with Gasteiger partial charge in [-0.05, 0) is 53.4 Å². The van der Waals surface area contributed by atoms with Crippen molar-refractivity contribution >= 4 is 16.1 Å². The zero-order chi connectivity index (χ0) is 21.5. The molecule has 1 spiro atoms. The number of hydrogen-bond acceptors (Lipinski definition) is 4. The second kappa shape index (κ2) is 7.91. The highest BCUT2D eigenvalue weighted by Crippen LogP contribution is 2.59. The van der Waals surface area contributed by atoms with E-state index in [2.05, 4.69) is 10.3 Å². The van der Waals surface area contributed by atoms with Gasteiger partial charge in [-0.25, -0.2) is 17.5 Å². The summed E-state index contributed by atoms with van der Waals surface area (Å²) in [6, 6.07) is 11.3. The number of urea groups is 1. The van der Waals surface area contributed by atoms with Gasteiger partial charge in [-0.1, -0.05) is 30.3 Å². The molecular formula is C23H28N4O3S. The summed E-state index contributed by atoms with van der Waals surface area (Å²) in [6.45, 7) is 3.07. The summed E-state index contributed by atoms with van der Waals surface area (Å²) in [5.74, 6) is 0.510. The molecule has 1 aromatic heterocycles. The molecule has 2 amide bonds. The fourth-order valence-corrected chi connectivity index (χ4v) is 6.64. The number of pyridine rings is 1. The zero-order valence-corrected chi connectivity index (χ0v) is 18.4. The fourth-order valence-electron chi connectivity index (χ4n) is 5.10. The average Bonchev–Trinajstić information content (AvgIpc) is 3.24. The van der Waals surface area contributed by atoms with Gasteiger partial charge in [0.1, 0.15) is 0 Å². The van der Waals surface area contributed by atoms with E-state index < -0.39 is 10.0 Å². The quantitative estimate of drug-likeness (QED) is 0.775. The number of rotatable bonds is 5. The van der Waals surface area contributed by atoms with Crippen molar-refractivity contribution in [2.45, 2.75) is 38.1 Å². The molecule has 2 aliphatic heterocycles. The first kappa shape index (κ1) is 20.5. The topological polar surface area (TPSA) is 82.6 Å². The van der Waals surface area contributed by atoms with Gasteiger partial charge in [-0.15, -0.1) is 0 Å². The Bertz CT molecular complexity index is 1040. The van der Waals surface area contributed by atoms with Crippen molar-refractivity contribution in [1.29, 1.82) is 0 Å². The summed E-state index contributed by atoms with van der Waals surface area (Å²) < 4.78 is 27.2. The molecule has 2 fully saturated rings. The van der Waals surface area contributed by atoms with Gasteiger partial charge < -0.3 is 10.2 Å². The predicted octanol–water partition coefficient (Wildman–Crippen LogP) is 2.74. The van der Waals surface area contributed by atoms with E-state index in [0.29, 0.717) is 38.6 Å². The Kier molecular flexibility index (Phi) is 5.22. The van der Waals surface area contributed by atoms with Crippen molar-refractivity contribution in [2.75, 3.05) is 19.6 Å². The lowest BCUT2D eigenvalue weighted by Crippen LogP contribution is -2.41. The molecule has 31 heavy (non-hydrogen) atoms. The molecule has 2 aromatic rings. The van der Waals surface area contributed by atoms with Crippen LogP contribution in [0.3, 0.4) is 0 Å². The van der Waals surface area contributed by atoms with Crippen LogP contribution in [0.25, 0.3) is 0 Å². The Morgan fingerprint density at radius 1 is 1.10 bits per heavy atom. The number of fused-ring (bicyclic) bond motifs is 1. The Balaban J connectivity index is 1.09. The number of amides is 2. The number of hydrogen-bond donors (Lipinski definition) is 1. The highest BCUT2D eigenvalue weighted by Gasteiger charge is 2.55. The molecule has 1 aromatic carbocycles. The minimum absolute atomic E-state index is 0.0267. The number of sulfonamides is 1. The van der Waals surface area contributed by atoms with Gasteiger partial charge in [0, 0.05) is 45.1 Å². The standard InChI is InChI=1S/C23H28N4O3S/c28-22(26-15-19-6-9-24-13-20(19)16-26)25-14-21-12-23(21)7-10-27(11-8-23)31(29,30)17-18-4-2-1-3-5-18/h1-6,9,13,21H,7-8,10-12,14-17H2,(H,25,28). The van der Waals surface area contributed by atoms with Crippen molar-refractivity contribution < 1.29 is 13.2 Å². The van der Waals surface area contributed by atoms with Crippen LogP contribution in [0.1, 0.15) is 36.0 Å². The van der Waals surface area contributed by atoms with Crippen LogP contribution in [0, 0.1) is 11.3 Å². The van der Waals surface area contributed by atoms with Gasteiger partial charge in [-0.2, -0.15) is 0 Å². The van der Waals surface area contributed by atoms with Crippen molar-refractivity contribution in [2.24, 2.45) is 11.3 Å². The van der Waals surface area contributed by atoms with Crippen LogP contribution in [0.4, 0.5) is 4.79 Å². The summed E-state index contributed by atoms with van der Waals surface area (Å²) in [7, 11) is -3.29. The highest BCUT2D eigenvalue weighted by molar-refractivity contribution is 7.88. The van der Waals surface area contributed by atoms with Crippen LogP contribution in [0.15, 0.2) is 48.8 Å². The number of nitrogens with one attached hydrogen (secondary N) is 1. The van der Waals surface area contributed by atoms with Gasteiger partial charge in [0.25, 0.3) is 0 Å². The number of carbonyl (C=O) groups is 1. The summed E-state index contributed by atoms with van der Waals surface area (Å²) in [4.78, 5) is 18.5. The zero-order valence-electron chi connectivity index (χ0n) is 17.5. The molecule has 164 valence electrons. The van der Waals surface area contributed by atoms with E-state index in [1.165, 1.54) is 0 Å². The largest absolute Gasteiger partial charge is 0.338 e. The van der Waals surface area contributed by atoms with Crippen LogP contribution in [-0.2, 0) is 28.9 Å². The maximum absolute atomic E-state index is 12.8. The minimum atomic E-state index is -3.29. The summed E-state index contributed by atoms with van der Waals surface area (Å²) in [6.07, 6.45) is 6.42. The Labute approximate surface area is 183 Å². The second-order valence-corrected chi connectivity index (χ2v) is 11.1. The predicted molar refractivity (Wildman–Crippen MR) is 117 cm³/mol. The van der Waals surface area contributed by atoms with Gasteiger partial charge in [-0.3, -0.25) is 4.98 Å². The normalized spacial score (nSPS) is 22.3. The molecule has 1 unspecified atom stereocenters. The molecule has 1 saturated carbocycles. The average molecular weight is 441 g/mol. The molecule has 3 heterocycles. The van der Waals surface area contributed by atoms with Crippen molar-refractivity contribution in [3.05, 3.63) is 65.5 Å². The maximum atomic E-state index is 12.8. The van der Waals surface area contributed by atoms with Crippen molar-refractivity contribution in [3.63, 3.8) is 0 Å². The molecule has 1 saturated heterocycles. The van der Waals surface area contributed by atoms with Crippen LogP contribution >= 0.6 is 0 Å². The molecule has 1 N–H and O–H groups in total. The van der Waals surface area contributed by atoms with E-state index in [0.717, 1.165) is 36.0 Å². The van der Waals surface area contributed by atoms with E-state index in [1.807, 2.05) is 47.5 Å². The first-order valence-corrected chi connectivity index (χ1v) is 12.5. The SMILES string of the molecule is O=C(NCC1CC12CCN(S(=O)(=O)Cc1ccccc1)CC2)N1Cc2ccncc2C1. The molecule has 0 radical (unpaired) electrons. The fraction of sp³-hybridized carbons (Fsp3) is 0.478. The van der Waals surface area contributed by atoms with E-state index in [4.69, 9.17) is 0 Å². The third-order valence-corrected chi connectivity index (χ3v) is 9.03. The van der Waals surface area contributed by atoms with E-state index in [1.54, 1.807) is 10.5 Å².